The van der Waals surface area contributed by atoms with Crippen LogP contribution in [0.25, 0.3) is 16.8 Å². The molecule has 228 valence electrons. The van der Waals surface area contributed by atoms with Crippen LogP contribution in [0.5, 0.6) is 5.75 Å². The predicted octanol–water partition coefficient (Wildman–Crippen LogP) is 3.39. The molecule has 43 heavy (non-hydrogen) atoms. The smallest absolute Gasteiger partial charge is 0.278 e. The SMILES string of the molecule is COc1cc(F)cc(C(CO)NC(=O)C(C)n2cnn3cc(-c4nc(N[C@@H]5CCOCC5(C)C)ncc4Cl)cc3c2=O)c1. The molecule has 1 amide bonds. The van der Waals surface area contributed by atoms with E-state index in [9.17, 15) is 19.1 Å². The van der Waals surface area contributed by atoms with E-state index >= 15 is 0 Å². The highest BCUT2D eigenvalue weighted by atomic mass is 35.5. The van der Waals surface area contributed by atoms with E-state index in [1.54, 1.807) is 12.3 Å². The van der Waals surface area contributed by atoms with Crippen LogP contribution in [0.1, 0.15) is 44.8 Å². The van der Waals surface area contributed by atoms with Crippen LogP contribution in [0, 0.1) is 11.2 Å². The van der Waals surface area contributed by atoms with Gasteiger partial charge in [-0.15, -0.1) is 0 Å². The molecular formula is C29H33ClFN7O5. The molecule has 0 saturated carbocycles. The zero-order valence-electron chi connectivity index (χ0n) is 24.2. The third-order valence-electron chi connectivity index (χ3n) is 7.67. The number of amides is 1. The molecular weight excluding hydrogens is 581 g/mol. The van der Waals surface area contributed by atoms with Gasteiger partial charge in [0.25, 0.3) is 5.56 Å². The Morgan fingerprint density at radius 2 is 2.12 bits per heavy atom. The summed E-state index contributed by atoms with van der Waals surface area (Å²) < 4.78 is 27.3. The molecule has 3 N–H and O–H groups in total. The summed E-state index contributed by atoms with van der Waals surface area (Å²) in [5, 5.41) is 20.6. The molecule has 4 aromatic rings. The zero-order valence-corrected chi connectivity index (χ0v) is 24.9. The van der Waals surface area contributed by atoms with Gasteiger partial charge in [-0.05, 0) is 37.1 Å². The van der Waals surface area contributed by atoms with E-state index in [0.717, 1.165) is 6.42 Å². The first kappa shape index (κ1) is 30.4. The van der Waals surface area contributed by atoms with E-state index in [4.69, 9.17) is 21.1 Å². The largest absolute Gasteiger partial charge is 0.497 e. The summed E-state index contributed by atoms with van der Waals surface area (Å²) in [6.07, 6.45) is 5.19. The number of nitrogens with one attached hydrogen (secondary N) is 2. The molecule has 0 bridgehead atoms. The van der Waals surface area contributed by atoms with E-state index in [1.165, 1.54) is 53.8 Å². The summed E-state index contributed by atoms with van der Waals surface area (Å²) >= 11 is 6.47. The van der Waals surface area contributed by atoms with Crippen LogP contribution in [0.15, 0.2) is 47.8 Å². The molecule has 1 saturated heterocycles. The summed E-state index contributed by atoms with van der Waals surface area (Å²) in [6.45, 7) is 6.51. The molecule has 1 aliphatic heterocycles. The Balaban J connectivity index is 1.39. The molecule has 1 aliphatic rings. The molecule has 12 nitrogen and oxygen atoms in total. The van der Waals surface area contributed by atoms with Crippen molar-refractivity contribution in [3.63, 3.8) is 0 Å². The number of benzene rings is 1. The number of ether oxygens (including phenoxy) is 2. The van der Waals surface area contributed by atoms with Gasteiger partial charge in [-0.2, -0.15) is 5.10 Å². The topological polar surface area (TPSA) is 145 Å². The normalized spacial score (nSPS) is 17.8. The van der Waals surface area contributed by atoms with Crippen LogP contribution < -0.4 is 20.9 Å². The summed E-state index contributed by atoms with van der Waals surface area (Å²) in [5.41, 5.74) is 0.868. The number of carbonyl (C=O) groups excluding carboxylic acids is 1. The number of nitrogens with zero attached hydrogens (tertiary/aromatic N) is 5. The van der Waals surface area contributed by atoms with Crippen molar-refractivity contribution < 1.29 is 23.8 Å². The number of hydrogen-bond acceptors (Lipinski definition) is 9. The van der Waals surface area contributed by atoms with Crippen molar-refractivity contribution in [1.29, 1.82) is 0 Å². The number of rotatable bonds is 9. The number of methoxy groups -OCH3 is 1. The van der Waals surface area contributed by atoms with E-state index in [1.807, 2.05) is 0 Å². The maximum atomic E-state index is 14.0. The van der Waals surface area contributed by atoms with Crippen molar-refractivity contribution in [2.75, 3.05) is 32.2 Å². The maximum Gasteiger partial charge on any atom is 0.278 e. The van der Waals surface area contributed by atoms with E-state index in [2.05, 4.69) is 39.5 Å². The number of fused-ring (bicyclic) bond motifs is 1. The van der Waals surface area contributed by atoms with Gasteiger partial charge in [0.2, 0.25) is 11.9 Å². The number of halogens is 2. The van der Waals surface area contributed by atoms with Gasteiger partial charge < -0.3 is 25.2 Å². The number of carbonyl (C=O) groups is 1. The fourth-order valence-electron chi connectivity index (χ4n) is 5.06. The Kier molecular flexibility index (Phi) is 8.67. The van der Waals surface area contributed by atoms with Gasteiger partial charge in [-0.1, -0.05) is 25.4 Å². The molecule has 0 aliphatic carbocycles. The van der Waals surface area contributed by atoms with Gasteiger partial charge >= 0.3 is 0 Å². The molecule has 5 rings (SSSR count). The van der Waals surface area contributed by atoms with Crippen LogP contribution in [-0.2, 0) is 9.53 Å². The third kappa shape index (κ3) is 6.33. The van der Waals surface area contributed by atoms with Crippen molar-refractivity contribution in [2.24, 2.45) is 5.41 Å². The van der Waals surface area contributed by atoms with Crippen LogP contribution >= 0.6 is 11.6 Å². The van der Waals surface area contributed by atoms with Crippen LogP contribution in [0.3, 0.4) is 0 Å². The molecule has 0 spiro atoms. The maximum absolute atomic E-state index is 14.0. The summed E-state index contributed by atoms with van der Waals surface area (Å²) in [4.78, 5) is 35.6. The molecule has 3 atom stereocenters. The lowest BCUT2D eigenvalue weighted by atomic mass is 9.82. The molecule has 3 aromatic heterocycles. The lowest BCUT2D eigenvalue weighted by Crippen LogP contribution is -2.44. The van der Waals surface area contributed by atoms with Crippen molar-refractivity contribution in [2.45, 2.75) is 45.3 Å². The van der Waals surface area contributed by atoms with Crippen molar-refractivity contribution in [1.82, 2.24) is 29.5 Å². The number of aromatic nitrogens is 5. The van der Waals surface area contributed by atoms with Gasteiger partial charge in [-0.25, -0.2) is 18.9 Å². The quantitative estimate of drug-likeness (QED) is 0.259. The fourth-order valence-corrected chi connectivity index (χ4v) is 5.26. The molecule has 4 heterocycles. The lowest BCUT2D eigenvalue weighted by Gasteiger charge is -2.38. The second-order valence-corrected chi connectivity index (χ2v) is 11.6. The van der Waals surface area contributed by atoms with E-state index in [-0.39, 0.29) is 22.7 Å². The van der Waals surface area contributed by atoms with Crippen molar-refractivity contribution >= 4 is 29.0 Å². The standard InChI is InChI=1S/C29H33ClFN7O5/c1-16(26(40)34-22(13-39)17-7-19(31)10-20(8-17)42-4)37-15-33-38-12-18(9-23(38)27(37)41)25-21(30)11-32-28(36-25)35-24-5-6-43-14-29(24,2)3/h7-12,15-16,22,24,39H,5-6,13-14H2,1-4H3,(H,34,40)(H,32,35,36)/t16?,22?,24-/m1/s1. The first-order valence-electron chi connectivity index (χ1n) is 13.7. The number of aliphatic hydroxyl groups excluding tert-OH is 1. The third-order valence-corrected chi connectivity index (χ3v) is 7.95. The van der Waals surface area contributed by atoms with Crippen LogP contribution in [-0.4, -0.2) is 68.1 Å². The van der Waals surface area contributed by atoms with Crippen LogP contribution in [0.2, 0.25) is 5.02 Å². The lowest BCUT2D eigenvalue weighted by molar-refractivity contribution is -0.125. The summed E-state index contributed by atoms with van der Waals surface area (Å²) in [6, 6.07) is 3.66. The molecule has 14 heteroatoms. The van der Waals surface area contributed by atoms with Crippen molar-refractivity contribution in [3.8, 4) is 17.0 Å². The minimum absolute atomic E-state index is 0.0956. The first-order valence-corrected chi connectivity index (χ1v) is 14.1. The summed E-state index contributed by atoms with van der Waals surface area (Å²) in [5.74, 6) is -0.513. The molecule has 2 unspecified atom stereocenters. The van der Waals surface area contributed by atoms with Crippen LogP contribution in [0.4, 0.5) is 10.3 Å². The highest BCUT2D eigenvalue weighted by molar-refractivity contribution is 6.32. The van der Waals surface area contributed by atoms with Crippen molar-refractivity contribution in [3.05, 3.63) is 69.7 Å². The van der Waals surface area contributed by atoms with Gasteiger partial charge in [0.1, 0.15) is 29.5 Å². The zero-order chi connectivity index (χ0) is 30.9. The number of hydrogen-bond donors (Lipinski definition) is 3. The summed E-state index contributed by atoms with van der Waals surface area (Å²) in [7, 11) is 1.39. The Morgan fingerprint density at radius 1 is 1.33 bits per heavy atom. The first-order chi connectivity index (χ1) is 20.5. The monoisotopic (exact) mass is 613 g/mol. The Morgan fingerprint density at radius 3 is 2.84 bits per heavy atom. The van der Waals surface area contributed by atoms with Gasteiger partial charge in [0, 0.05) is 35.9 Å². The second kappa shape index (κ2) is 12.3. The second-order valence-electron chi connectivity index (χ2n) is 11.2. The van der Waals surface area contributed by atoms with Gasteiger partial charge in [-0.3, -0.25) is 14.2 Å². The highest BCUT2D eigenvalue weighted by Gasteiger charge is 2.33. The average molecular weight is 614 g/mol. The van der Waals surface area contributed by atoms with E-state index < -0.39 is 36.0 Å². The highest BCUT2D eigenvalue weighted by Crippen LogP contribution is 2.32. The van der Waals surface area contributed by atoms with E-state index in [0.29, 0.717) is 41.0 Å². The minimum Gasteiger partial charge on any atom is -0.497 e. The molecule has 1 aromatic carbocycles. The number of aliphatic hydroxyl groups is 1. The van der Waals surface area contributed by atoms with Gasteiger partial charge in [0.05, 0.1) is 43.3 Å². The fraction of sp³-hybridized carbons (Fsp3) is 0.414. The Labute approximate surface area is 251 Å². The predicted molar refractivity (Wildman–Crippen MR) is 158 cm³/mol. The number of anilines is 1. The Bertz CT molecular complexity index is 1710. The Hall–Kier alpha value is -4.07. The average Bonchev–Trinajstić information content (AvgIpc) is 3.42. The van der Waals surface area contributed by atoms with Gasteiger partial charge in [0.15, 0.2) is 0 Å². The minimum atomic E-state index is -1.01. The molecule has 1 fully saturated rings. The molecule has 0 radical (unpaired) electrons.